The van der Waals surface area contributed by atoms with Crippen molar-refractivity contribution in [3.63, 3.8) is 0 Å². The van der Waals surface area contributed by atoms with E-state index in [1.165, 1.54) is 0 Å². The molecule has 0 saturated carbocycles. The molecule has 1 saturated heterocycles. The molecular weight excluding hydrogens is 321 g/mol. The average molecular weight is 344 g/mol. The Hall–Kier alpha value is -1.80. The maximum absolute atomic E-state index is 12.8. The van der Waals surface area contributed by atoms with Crippen LogP contribution in [0, 0.1) is 0 Å². The van der Waals surface area contributed by atoms with Gasteiger partial charge in [-0.2, -0.15) is 13.2 Å². The highest BCUT2D eigenvalue weighted by molar-refractivity contribution is 5.79. The van der Waals surface area contributed by atoms with Gasteiger partial charge >= 0.3 is 6.18 Å². The molecule has 24 heavy (non-hydrogen) atoms. The summed E-state index contributed by atoms with van der Waals surface area (Å²) in [6, 6.07) is 5.31. The smallest absolute Gasteiger partial charge is 0.379 e. The van der Waals surface area contributed by atoms with Crippen LogP contribution in [0.5, 0.6) is 0 Å². The summed E-state index contributed by atoms with van der Waals surface area (Å²) in [4.78, 5) is 6.28. The van der Waals surface area contributed by atoms with E-state index < -0.39 is 11.7 Å². The molecule has 2 rings (SSSR count). The van der Waals surface area contributed by atoms with Gasteiger partial charge < -0.3 is 15.4 Å². The average Bonchev–Trinajstić information content (AvgIpc) is 2.59. The number of hydrogen-bond donors (Lipinski definition) is 2. The summed E-state index contributed by atoms with van der Waals surface area (Å²) in [7, 11) is 3.43. The molecule has 1 heterocycles. The number of ether oxygens (including phenoxy) is 1. The van der Waals surface area contributed by atoms with E-state index in [2.05, 4.69) is 20.5 Å². The maximum atomic E-state index is 12.8. The van der Waals surface area contributed by atoms with Gasteiger partial charge in [-0.1, -0.05) is 12.1 Å². The third-order valence-electron chi connectivity index (χ3n) is 4.03. The second-order valence-corrected chi connectivity index (χ2v) is 5.49. The monoisotopic (exact) mass is 344 g/mol. The Morgan fingerprint density at radius 2 is 1.88 bits per heavy atom. The summed E-state index contributed by atoms with van der Waals surface area (Å²) < 4.78 is 43.6. The molecular formula is C16H23F3N4O. The first kappa shape index (κ1) is 18.5. The van der Waals surface area contributed by atoms with Crippen molar-refractivity contribution < 1.29 is 17.9 Å². The molecule has 0 radical (unpaired) electrons. The van der Waals surface area contributed by atoms with Crippen LogP contribution in [-0.2, 0) is 10.9 Å². The number of guanidine groups is 1. The van der Waals surface area contributed by atoms with Crippen LogP contribution in [-0.4, -0.2) is 57.8 Å². The summed E-state index contributed by atoms with van der Waals surface area (Å²) >= 11 is 0. The third-order valence-corrected chi connectivity index (χ3v) is 4.03. The summed E-state index contributed by atoms with van der Waals surface area (Å²) in [5, 5.41) is 6.13. The van der Waals surface area contributed by atoms with E-state index in [1.807, 2.05) is 0 Å². The van der Waals surface area contributed by atoms with E-state index in [1.54, 1.807) is 26.2 Å². The molecule has 1 aromatic rings. The van der Waals surface area contributed by atoms with Crippen molar-refractivity contribution in [2.24, 2.45) is 4.99 Å². The molecule has 1 atom stereocenters. The third kappa shape index (κ3) is 4.85. The second-order valence-electron chi connectivity index (χ2n) is 5.49. The van der Waals surface area contributed by atoms with E-state index in [0.717, 1.165) is 30.8 Å². The zero-order valence-electron chi connectivity index (χ0n) is 13.9. The molecule has 0 spiro atoms. The zero-order chi connectivity index (χ0) is 17.6. The van der Waals surface area contributed by atoms with Gasteiger partial charge in [0, 0.05) is 33.7 Å². The van der Waals surface area contributed by atoms with Crippen molar-refractivity contribution in [2.45, 2.75) is 12.2 Å². The van der Waals surface area contributed by atoms with Crippen molar-refractivity contribution in [1.82, 2.24) is 15.5 Å². The van der Waals surface area contributed by atoms with Gasteiger partial charge in [0.25, 0.3) is 0 Å². The van der Waals surface area contributed by atoms with Crippen molar-refractivity contribution >= 4 is 5.96 Å². The van der Waals surface area contributed by atoms with Gasteiger partial charge in [0.15, 0.2) is 5.96 Å². The highest BCUT2D eigenvalue weighted by atomic mass is 19.4. The number of nitrogens with zero attached hydrogens (tertiary/aromatic N) is 2. The fourth-order valence-electron chi connectivity index (χ4n) is 2.71. The van der Waals surface area contributed by atoms with Crippen molar-refractivity contribution in [1.29, 1.82) is 0 Å². The molecule has 0 aromatic heterocycles. The van der Waals surface area contributed by atoms with Crippen LogP contribution in [0.2, 0.25) is 0 Å². The lowest BCUT2D eigenvalue weighted by Gasteiger charge is -2.35. The van der Waals surface area contributed by atoms with Crippen LogP contribution in [0.25, 0.3) is 0 Å². The quantitative estimate of drug-likeness (QED) is 0.647. The van der Waals surface area contributed by atoms with Crippen molar-refractivity contribution in [3.8, 4) is 0 Å². The number of benzene rings is 1. The lowest BCUT2D eigenvalue weighted by molar-refractivity contribution is -0.137. The molecule has 1 aromatic carbocycles. The van der Waals surface area contributed by atoms with Gasteiger partial charge in [-0.25, -0.2) is 0 Å². The number of nitrogens with one attached hydrogen (secondary N) is 2. The Bertz CT molecular complexity index is 539. The zero-order valence-corrected chi connectivity index (χ0v) is 13.9. The number of morpholine rings is 1. The van der Waals surface area contributed by atoms with E-state index >= 15 is 0 Å². The van der Waals surface area contributed by atoms with Gasteiger partial charge in [-0.15, -0.1) is 0 Å². The van der Waals surface area contributed by atoms with Crippen LogP contribution in [0.15, 0.2) is 29.3 Å². The highest BCUT2D eigenvalue weighted by Gasteiger charge is 2.31. The number of rotatable bonds is 4. The minimum atomic E-state index is -4.32. The molecule has 2 N–H and O–H groups in total. The normalized spacial score (nSPS) is 18.3. The molecule has 0 aliphatic carbocycles. The first-order valence-corrected chi connectivity index (χ1v) is 7.83. The van der Waals surface area contributed by atoms with Crippen LogP contribution in [0.3, 0.4) is 0 Å². The molecule has 134 valence electrons. The number of alkyl halides is 3. The van der Waals surface area contributed by atoms with Gasteiger partial charge in [-0.3, -0.25) is 9.89 Å². The predicted molar refractivity (Wildman–Crippen MR) is 87.0 cm³/mol. The summed E-state index contributed by atoms with van der Waals surface area (Å²) in [6.07, 6.45) is -4.32. The van der Waals surface area contributed by atoms with E-state index in [-0.39, 0.29) is 6.04 Å². The van der Waals surface area contributed by atoms with Crippen LogP contribution in [0.1, 0.15) is 17.2 Å². The van der Waals surface area contributed by atoms with Crippen molar-refractivity contribution in [3.05, 3.63) is 35.4 Å². The Labute approximate surface area is 139 Å². The largest absolute Gasteiger partial charge is 0.416 e. The Kier molecular flexibility index (Phi) is 6.44. The lowest BCUT2D eigenvalue weighted by Crippen LogP contribution is -2.45. The van der Waals surface area contributed by atoms with Gasteiger partial charge in [0.1, 0.15) is 0 Å². The van der Waals surface area contributed by atoms with E-state index in [0.29, 0.717) is 25.7 Å². The summed E-state index contributed by atoms with van der Waals surface area (Å²) in [5.41, 5.74) is 0.204. The molecule has 1 aliphatic rings. The molecule has 5 nitrogen and oxygen atoms in total. The molecule has 0 bridgehead atoms. The highest BCUT2D eigenvalue weighted by Crippen LogP contribution is 2.31. The maximum Gasteiger partial charge on any atom is 0.416 e. The molecule has 1 fully saturated rings. The van der Waals surface area contributed by atoms with E-state index in [9.17, 15) is 13.2 Å². The van der Waals surface area contributed by atoms with Crippen LogP contribution in [0.4, 0.5) is 13.2 Å². The number of halogens is 3. The van der Waals surface area contributed by atoms with Gasteiger partial charge in [0.05, 0.1) is 24.8 Å². The first-order chi connectivity index (χ1) is 11.5. The molecule has 8 heteroatoms. The van der Waals surface area contributed by atoms with Gasteiger partial charge in [-0.05, 0) is 17.7 Å². The topological polar surface area (TPSA) is 48.9 Å². The van der Waals surface area contributed by atoms with Crippen LogP contribution < -0.4 is 10.6 Å². The summed E-state index contributed by atoms with van der Waals surface area (Å²) in [5.74, 6) is 0.639. The Morgan fingerprint density at radius 3 is 2.38 bits per heavy atom. The fraction of sp³-hybridized carbons (Fsp3) is 0.562. The molecule has 0 amide bonds. The first-order valence-electron chi connectivity index (χ1n) is 7.83. The Morgan fingerprint density at radius 1 is 1.25 bits per heavy atom. The number of hydrogen-bond acceptors (Lipinski definition) is 3. The van der Waals surface area contributed by atoms with Crippen LogP contribution >= 0.6 is 0 Å². The summed E-state index contributed by atoms with van der Waals surface area (Å²) in [6.45, 7) is 3.27. The minimum Gasteiger partial charge on any atom is -0.379 e. The van der Waals surface area contributed by atoms with E-state index in [4.69, 9.17) is 4.74 Å². The number of aliphatic imine (C=N–C) groups is 1. The minimum absolute atomic E-state index is 0.0544. The van der Waals surface area contributed by atoms with Crippen molar-refractivity contribution in [2.75, 3.05) is 46.9 Å². The lowest BCUT2D eigenvalue weighted by atomic mass is 10.0. The Balaban J connectivity index is 2.17. The molecule has 1 unspecified atom stereocenters. The SMILES string of the molecule is CN=C(NC)NCC(c1ccc(C(F)(F)F)cc1)N1CCOCC1. The fourth-order valence-corrected chi connectivity index (χ4v) is 2.71. The standard InChI is InChI=1S/C16H23F3N4O/c1-20-15(21-2)22-11-14(23-7-9-24-10-8-23)12-3-5-13(6-4-12)16(17,18)19/h3-6,14H,7-11H2,1-2H3,(H2,20,21,22). The van der Waals surface area contributed by atoms with Gasteiger partial charge in [0.2, 0.25) is 0 Å². The predicted octanol–water partition coefficient (Wildman–Crippen LogP) is 1.87. The molecule has 1 aliphatic heterocycles. The second kappa shape index (κ2) is 8.34.